The predicted molar refractivity (Wildman–Crippen MR) is 66.2 cm³/mol. The van der Waals surface area contributed by atoms with E-state index in [1.165, 1.54) is 0 Å². The molecule has 0 saturated heterocycles. The van der Waals surface area contributed by atoms with E-state index >= 15 is 0 Å². The molecule has 4 heteroatoms. The lowest BCUT2D eigenvalue weighted by molar-refractivity contribution is 0.361. The summed E-state index contributed by atoms with van der Waals surface area (Å²) in [6.07, 6.45) is 0.969. The van der Waals surface area contributed by atoms with E-state index in [1.54, 1.807) is 7.11 Å². The Bertz CT molecular complexity index is 315. The number of nitrogens with two attached hydrogens (primary N) is 1. The summed E-state index contributed by atoms with van der Waals surface area (Å²) in [6, 6.07) is 8.15. The molecular weight excluding hydrogens is 202 g/mol. The average molecular weight is 223 g/mol. The van der Waals surface area contributed by atoms with Gasteiger partial charge in [0, 0.05) is 6.04 Å². The van der Waals surface area contributed by atoms with E-state index in [0.29, 0.717) is 0 Å². The number of nitrogens with zero attached hydrogens (tertiary/aromatic N) is 1. The SMILES string of the molecule is COc1cccc(C(CCN(C)C)NN)c1. The molecule has 90 valence electrons. The molecule has 0 fully saturated rings. The van der Waals surface area contributed by atoms with Crippen LogP contribution in [-0.2, 0) is 0 Å². The minimum Gasteiger partial charge on any atom is -0.497 e. The lowest BCUT2D eigenvalue weighted by Gasteiger charge is -2.19. The standard InChI is InChI=1S/C12H21N3O/c1-15(2)8-7-12(14-13)10-5-4-6-11(9-10)16-3/h4-6,9,12,14H,7-8,13H2,1-3H3. The molecule has 0 heterocycles. The highest BCUT2D eigenvalue weighted by Gasteiger charge is 2.10. The fourth-order valence-corrected chi connectivity index (χ4v) is 1.59. The zero-order chi connectivity index (χ0) is 12.0. The first-order valence-corrected chi connectivity index (χ1v) is 5.42. The molecule has 0 aliphatic heterocycles. The van der Waals surface area contributed by atoms with Crippen LogP contribution in [0.1, 0.15) is 18.0 Å². The van der Waals surface area contributed by atoms with Crippen molar-refractivity contribution in [1.82, 2.24) is 10.3 Å². The summed E-state index contributed by atoms with van der Waals surface area (Å²) in [7, 11) is 5.78. The van der Waals surface area contributed by atoms with Crippen LogP contribution in [0.25, 0.3) is 0 Å². The van der Waals surface area contributed by atoms with Gasteiger partial charge in [-0.25, -0.2) is 0 Å². The molecular formula is C12H21N3O. The van der Waals surface area contributed by atoms with Crippen molar-refractivity contribution in [3.8, 4) is 5.75 Å². The van der Waals surface area contributed by atoms with Crippen molar-refractivity contribution in [3.63, 3.8) is 0 Å². The van der Waals surface area contributed by atoms with Gasteiger partial charge in [0.05, 0.1) is 7.11 Å². The van der Waals surface area contributed by atoms with Crippen molar-refractivity contribution in [2.24, 2.45) is 5.84 Å². The third-order valence-corrected chi connectivity index (χ3v) is 2.56. The monoisotopic (exact) mass is 223 g/mol. The van der Waals surface area contributed by atoms with Crippen LogP contribution in [0.15, 0.2) is 24.3 Å². The number of nitrogens with one attached hydrogen (secondary N) is 1. The highest BCUT2D eigenvalue weighted by Crippen LogP contribution is 2.20. The molecule has 1 atom stereocenters. The molecule has 3 N–H and O–H groups in total. The Hall–Kier alpha value is -1.10. The minimum absolute atomic E-state index is 0.164. The van der Waals surface area contributed by atoms with E-state index in [1.807, 2.05) is 18.2 Å². The van der Waals surface area contributed by atoms with Gasteiger partial charge in [-0.15, -0.1) is 0 Å². The maximum Gasteiger partial charge on any atom is 0.119 e. The summed E-state index contributed by atoms with van der Waals surface area (Å²) in [5.74, 6) is 6.44. The third-order valence-electron chi connectivity index (χ3n) is 2.56. The number of ether oxygens (including phenoxy) is 1. The Balaban J connectivity index is 2.70. The Morgan fingerprint density at radius 1 is 1.44 bits per heavy atom. The van der Waals surface area contributed by atoms with Crippen LogP contribution >= 0.6 is 0 Å². The van der Waals surface area contributed by atoms with E-state index in [4.69, 9.17) is 10.6 Å². The zero-order valence-electron chi connectivity index (χ0n) is 10.2. The van der Waals surface area contributed by atoms with Crippen LogP contribution in [0, 0.1) is 0 Å². The largest absolute Gasteiger partial charge is 0.497 e. The van der Waals surface area contributed by atoms with Crippen LogP contribution in [-0.4, -0.2) is 32.6 Å². The maximum atomic E-state index is 5.57. The van der Waals surface area contributed by atoms with Crippen molar-refractivity contribution in [3.05, 3.63) is 29.8 Å². The average Bonchev–Trinajstić information content (AvgIpc) is 2.30. The molecule has 0 spiro atoms. The number of hydrogen-bond acceptors (Lipinski definition) is 4. The van der Waals surface area contributed by atoms with E-state index in [2.05, 4.69) is 30.5 Å². The lowest BCUT2D eigenvalue weighted by Crippen LogP contribution is -2.30. The lowest BCUT2D eigenvalue weighted by atomic mass is 10.0. The van der Waals surface area contributed by atoms with Gasteiger partial charge in [0.1, 0.15) is 5.75 Å². The molecule has 0 aliphatic carbocycles. The molecule has 0 saturated carbocycles. The van der Waals surface area contributed by atoms with Crippen molar-refractivity contribution in [2.45, 2.75) is 12.5 Å². The number of hydrogen-bond donors (Lipinski definition) is 2. The first-order valence-electron chi connectivity index (χ1n) is 5.42. The minimum atomic E-state index is 0.164. The Kier molecular flexibility index (Phi) is 5.25. The second-order valence-corrected chi connectivity index (χ2v) is 4.09. The summed E-state index contributed by atoms with van der Waals surface area (Å²) in [6.45, 7) is 0.992. The van der Waals surface area contributed by atoms with Gasteiger partial charge < -0.3 is 9.64 Å². The van der Waals surface area contributed by atoms with Crippen LogP contribution in [0.5, 0.6) is 5.75 Å². The van der Waals surface area contributed by atoms with Crippen molar-refractivity contribution in [2.75, 3.05) is 27.7 Å². The van der Waals surface area contributed by atoms with Gasteiger partial charge >= 0.3 is 0 Å². The fourth-order valence-electron chi connectivity index (χ4n) is 1.59. The molecule has 16 heavy (non-hydrogen) atoms. The molecule has 0 bridgehead atoms. The van der Waals surface area contributed by atoms with Gasteiger partial charge in [0.15, 0.2) is 0 Å². The van der Waals surface area contributed by atoms with Gasteiger partial charge in [-0.2, -0.15) is 0 Å². The summed E-state index contributed by atoms with van der Waals surface area (Å²) >= 11 is 0. The summed E-state index contributed by atoms with van der Waals surface area (Å²) in [4.78, 5) is 2.14. The Labute approximate surface area is 97.4 Å². The Morgan fingerprint density at radius 3 is 2.75 bits per heavy atom. The van der Waals surface area contributed by atoms with E-state index < -0.39 is 0 Å². The summed E-state index contributed by atoms with van der Waals surface area (Å²) < 4.78 is 5.20. The van der Waals surface area contributed by atoms with Gasteiger partial charge in [-0.05, 0) is 44.8 Å². The fraction of sp³-hybridized carbons (Fsp3) is 0.500. The number of rotatable bonds is 6. The summed E-state index contributed by atoms with van der Waals surface area (Å²) in [5, 5.41) is 0. The van der Waals surface area contributed by atoms with Crippen LogP contribution in [0.2, 0.25) is 0 Å². The number of benzene rings is 1. The van der Waals surface area contributed by atoms with E-state index in [-0.39, 0.29) is 6.04 Å². The molecule has 1 aromatic rings. The van der Waals surface area contributed by atoms with Crippen molar-refractivity contribution in [1.29, 1.82) is 0 Å². The van der Waals surface area contributed by atoms with E-state index in [9.17, 15) is 0 Å². The quantitative estimate of drug-likeness (QED) is 0.561. The van der Waals surface area contributed by atoms with Crippen molar-refractivity contribution >= 4 is 0 Å². The second kappa shape index (κ2) is 6.48. The van der Waals surface area contributed by atoms with Gasteiger partial charge in [-0.1, -0.05) is 12.1 Å². The second-order valence-electron chi connectivity index (χ2n) is 4.09. The highest BCUT2D eigenvalue weighted by molar-refractivity contribution is 5.30. The number of hydrazine groups is 1. The van der Waals surface area contributed by atoms with Crippen LogP contribution in [0.3, 0.4) is 0 Å². The van der Waals surface area contributed by atoms with Crippen LogP contribution in [0.4, 0.5) is 0 Å². The summed E-state index contributed by atoms with van der Waals surface area (Å²) in [5.41, 5.74) is 4.00. The Morgan fingerprint density at radius 2 is 2.19 bits per heavy atom. The van der Waals surface area contributed by atoms with Crippen molar-refractivity contribution < 1.29 is 4.74 Å². The molecule has 1 aromatic carbocycles. The smallest absolute Gasteiger partial charge is 0.119 e. The number of methoxy groups -OCH3 is 1. The molecule has 0 amide bonds. The topological polar surface area (TPSA) is 50.5 Å². The van der Waals surface area contributed by atoms with E-state index in [0.717, 1.165) is 24.3 Å². The van der Waals surface area contributed by atoms with Crippen LogP contribution < -0.4 is 16.0 Å². The van der Waals surface area contributed by atoms with Gasteiger partial charge in [-0.3, -0.25) is 11.3 Å². The molecule has 0 aliphatic rings. The zero-order valence-corrected chi connectivity index (χ0v) is 10.2. The first kappa shape index (κ1) is 13.0. The van der Waals surface area contributed by atoms with Gasteiger partial charge in [0.2, 0.25) is 0 Å². The first-order chi connectivity index (χ1) is 7.67. The normalized spacial score (nSPS) is 12.8. The van der Waals surface area contributed by atoms with Gasteiger partial charge in [0.25, 0.3) is 0 Å². The maximum absolute atomic E-state index is 5.57. The predicted octanol–water partition coefficient (Wildman–Crippen LogP) is 1.15. The molecule has 1 rings (SSSR count). The highest BCUT2D eigenvalue weighted by atomic mass is 16.5. The molecule has 4 nitrogen and oxygen atoms in total. The third kappa shape index (κ3) is 3.81. The molecule has 0 aromatic heterocycles. The molecule has 0 radical (unpaired) electrons. The molecule has 1 unspecified atom stereocenters.